The summed E-state index contributed by atoms with van der Waals surface area (Å²) in [5.74, 6) is -0.769. The van der Waals surface area contributed by atoms with Gasteiger partial charge in [0.1, 0.15) is 0 Å². The molecule has 8 nitrogen and oxygen atoms in total. The molecule has 0 saturated carbocycles. The third-order valence-electron chi connectivity index (χ3n) is 3.82. The normalized spacial score (nSPS) is 16.5. The van der Waals surface area contributed by atoms with Crippen LogP contribution in [-0.4, -0.2) is 59.7 Å². The van der Waals surface area contributed by atoms with Crippen LogP contribution in [0.3, 0.4) is 0 Å². The Bertz CT molecular complexity index is 645. The van der Waals surface area contributed by atoms with Crippen molar-refractivity contribution in [1.82, 2.24) is 9.88 Å². The monoisotopic (exact) mass is 362 g/mol. The van der Waals surface area contributed by atoms with Crippen LogP contribution in [0.25, 0.3) is 0 Å². The average molecular weight is 362 g/mol. The second kappa shape index (κ2) is 7.64. The molecule has 0 aromatic carbocycles. The van der Waals surface area contributed by atoms with Gasteiger partial charge in [-0.2, -0.15) is 13.2 Å². The van der Waals surface area contributed by atoms with Crippen molar-refractivity contribution in [2.45, 2.75) is 25.1 Å². The van der Waals surface area contributed by atoms with E-state index in [9.17, 15) is 28.1 Å². The van der Waals surface area contributed by atoms with E-state index in [0.717, 1.165) is 19.4 Å². The minimum absolute atomic E-state index is 0.0214. The van der Waals surface area contributed by atoms with Crippen LogP contribution in [0.4, 0.5) is 24.7 Å². The maximum absolute atomic E-state index is 12.4. The third kappa shape index (κ3) is 5.28. The van der Waals surface area contributed by atoms with Gasteiger partial charge in [-0.1, -0.05) is 0 Å². The smallest absolute Gasteiger partial charge is 0.401 e. The number of methoxy groups -OCH3 is 1. The Labute approximate surface area is 141 Å². The topological polar surface area (TPSA) is 97.6 Å². The Morgan fingerprint density at radius 1 is 1.48 bits per heavy atom. The highest BCUT2D eigenvalue weighted by Gasteiger charge is 2.33. The number of carbonyl (C=O) groups excluding carboxylic acids is 1. The minimum Gasteiger partial charge on any atom is -0.465 e. The lowest BCUT2D eigenvalue weighted by atomic mass is 10.0. The van der Waals surface area contributed by atoms with Crippen LogP contribution in [0.15, 0.2) is 12.3 Å². The van der Waals surface area contributed by atoms with Crippen molar-refractivity contribution in [3.8, 4) is 0 Å². The molecule has 1 fully saturated rings. The second-order valence-corrected chi connectivity index (χ2v) is 5.65. The molecule has 2 heterocycles. The van der Waals surface area contributed by atoms with Gasteiger partial charge in [-0.15, -0.1) is 0 Å². The molecular formula is C14H17F3N4O4. The number of pyridine rings is 1. The first-order valence-corrected chi connectivity index (χ1v) is 7.48. The number of nitro groups is 1. The summed E-state index contributed by atoms with van der Waals surface area (Å²) in [5.41, 5.74) is -0.444. The molecule has 0 bridgehead atoms. The molecule has 1 aliphatic heterocycles. The first-order valence-electron chi connectivity index (χ1n) is 7.48. The summed E-state index contributed by atoms with van der Waals surface area (Å²) in [6, 6.07) is 0.819. The third-order valence-corrected chi connectivity index (χ3v) is 3.82. The Balaban J connectivity index is 2.03. The summed E-state index contributed by atoms with van der Waals surface area (Å²) in [6.45, 7) is -0.512. The Morgan fingerprint density at radius 2 is 2.12 bits per heavy atom. The number of hydrogen-bond donors (Lipinski definition) is 1. The zero-order valence-electron chi connectivity index (χ0n) is 13.4. The largest absolute Gasteiger partial charge is 0.465 e. The van der Waals surface area contributed by atoms with E-state index in [1.807, 2.05) is 0 Å². The summed E-state index contributed by atoms with van der Waals surface area (Å²) in [4.78, 5) is 27.1. The fourth-order valence-electron chi connectivity index (χ4n) is 2.62. The van der Waals surface area contributed by atoms with E-state index in [2.05, 4.69) is 15.0 Å². The van der Waals surface area contributed by atoms with Crippen molar-refractivity contribution >= 4 is 17.5 Å². The van der Waals surface area contributed by atoms with E-state index in [0.29, 0.717) is 12.8 Å². The van der Waals surface area contributed by atoms with Crippen molar-refractivity contribution in [2.75, 3.05) is 32.1 Å². The number of esters is 1. The fraction of sp³-hybridized carbons (Fsp3) is 0.571. The molecule has 0 atom stereocenters. The van der Waals surface area contributed by atoms with Crippen LogP contribution < -0.4 is 5.32 Å². The van der Waals surface area contributed by atoms with Gasteiger partial charge in [0.15, 0.2) is 0 Å². The first kappa shape index (κ1) is 18.9. The molecule has 2 rings (SSSR count). The lowest BCUT2D eigenvalue weighted by Crippen LogP contribution is -2.43. The highest BCUT2D eigenvalue weighted by molar-refractivity contribution is 5.90. The summed E-state index contributed by atoms with van der Waals surface area (Å²) in [6.07, 6.45) is -2.30. The SMILES string of the molecule is COC(=O)c1cnc(NC2CCN(CC(F)(F)F)CC2)c([N+](=O)[O-])c1. The molecule has 1 N–H and O–H groups in total. The van der Waals surface area contributed by atoms with E-state index < -0.39 is 23.6 Å². The van der Waals surface area contributed by atoms with Crippen LogP contribution in [0.2, 0.25) is 0 Å². The van der Waals surface area contributed by atoms with E-state index in [1.165, 1.54) is 4.90 Å². The molecule has 0 spiro atoms. The van der Waals surface area contributed by atoms with Gasteiger partial charge < -0.3 is 10.1 Å². The molecule has 1 saturated heterocycles. The molecular weight excluding hydrogens is 345 g/mol. The number of hydrogen-bond acceptors (Lipinski definition) is 7. The number of ether oxygens (including phenoxy) is 1. The lowest BCUT2D eigenvalue weighted by Gasteiger charge is -2.32. The number of halogens is 3. The highest BCUT2D eigenvalue weighted by atomic mass is 19.4. The number of alkyl halides is 3. The van der Waals surface area contributed by atoms with Crippen molar-refractivity contribution < 1.29 is 27.6 Å². The van der Waals surface area contributed by atoms with Crippen LogP contribution in [0.5, 0.6) is 0 Å². The molecule has 25 heavy (non-hydrogen) atoms. The van der Waals surface area contributed by atoms with Gasteiger partial charge in [-0.3, -0.25) is 15.0 Å². The fourth-order valence-corrected chi connectivity index (χ4v) is 2.62. The van der Waals surface area contributed by atoms with Crippen molar-refractivity contribution in [3.05, 3.63) is 27.9 Å². The van der Waals surface area contributed by atoms with Gasteiger partial charge in [0.25, 0.3) is 0 Å². The van der Waals surface area contributed by atoms with Crippen LogP contribution in [-0.2, 0) is 4.74 Å². The highest BCUT2D eigenvalue weighted by Crippen LogP contribution is 2.26. The predicted octanol–water partition coefficient (Wildman–Crippen LogP) is 2.21. The average Bonchev–Trinajstić information content (AvgIpc) is 2.54. The zero-order valence-corrected chi connectivity index (χ0v) is 13.4. The number of likely N-dealkylation sites (tertiary alicyclic amines) is 1. The van der Waals surface area contributed by atoms with Crippen LogP contribution >= 0.6 is 0 Å². The van der Waals surface area contributed by atoms with E-state index >= 15 is 0 Å². The van der Waals surface area contributed by atoms with Gasteiger partial charge in [0.05, 0.1) is 24.1 Å². The number of nitrogens with zero attached hydrogens (tertiary/aromatic N) is 3. The summed E-state index contributed by atoms with van der Waals surface area (Å²) in [5, 5.41) is 14.1. The second-order valence-electron chi connectivity index (χ2n) is 5.65. The summed E-state index contributed by atoms with van der Waals surface area (Å²) < 4.78 is 41.6. The van der Waals surface area contributed by atoms with E-state index in [-0.39, 0.29) is 36.2 Å². The van der Waals surface area contributed by atoms with Gasteiger partial charge >= 0.3 is 17.8 Å². The Hall–Kier alpha value is -2.43. The maximum atomic E-state index is 12.4. The number of carbonyl (C=O) groups is 1. The summed E-state index contributed by atoms with van der Waals surface area (Å²) in [7, 11) is 1.15. The minimum atomic E-state index is -4.25. The van der Waals surface area contributed by atoms with Crippen LogP contribution in [0.1, 0.15) is 23.2 Å². The molecule has 1 aromatic heterocycles. The molecule has 138 valence electrons. The predicted molar refractivity (Wildman–Crippen MR) is 81.4 cm³/mol. The molecule has 11 heteroatoms. The first-order chi connectivity index (χ1) is 11.7. The van der Waals surface area contributed by atoms with Gasteiger partial charge in [-0.25, -0.2) is 9.78 Å². The van der Waals surface area contributed by atoms with Gasteiger partial charge in [0, 0.05) is 31.4 Å². The van der Waals surface area contributed by atoms with Gasteiger partial charge in [-0.05, 0) is 12.8 Å². The van der Waals surface area contributed by atoms with Gasteiger partial charge in [0.2, 0.25) is 5.82 Å². The Kier molecular flexibility index (Phi) is 5.77. The molecule has 0 aliphatic carbocycles. The molecule has 1 aromatic rings. The Morgan fingerprint density at radius 3 is 2.64 bits per heavy atom. The number of piperidine rings is 1. The van der Waals surface area contributed by atoms with E-state index in [4.69, 9.17) is 0 Å². The number of rotatable bonds is 5. The van der Waals surface area contributed by atoms with Crippen molar-refractivity contribution in [3.63, 3.8) is 0 Å². The van der Waals surface area contributed by atoms with E-state index in [1.54, 1.807) is 0 Å². The number of nitrogens with one attached hydrogen (secondary N) is 1. The van der Waals surface area contributed by atoms with Crippen LogP contribution in [0, 0.1) is 10.1 Å². The van der Waals surface area contributed by atoms with Crippen molar-refractivity contribution in [2.24, 2.45) is 0 Å². The maximum Gasteiger partial charge on any atom is 0.401 e. The zero-order chi connectivity index (χ0) is 18.6. The standard InChI is InChI=1S/C14H17F3N4O4/c1-25-13(22)9-6-11(21(23)24)12(18-7-9)19-10-2-4-20(5-3-10)8-14(15,16)17/h6-7,10H,2-5,8H2,1H3,(H,18,19). The molecule has 0 unspecified atom stereocenters. The number of anilines is 1. The summed E-state index contributed by atoms with van der Waals surface area (Å²) >= 11 is 0. The molecule has 1 aliphatic rings. The quantitative estimate of drug-likeness (QED) is 0.487. The molecule has 0 radical (unpaired) electrons. The van der Waals surface area contributed by atoms with Crippen molar-refractivity contribution in [1.29, 1.82) is 0 Å². The lowest BCUT2D eigenvalue weighted by molar-refractivity contribution is -0.384. The molecule has 0 amide bonds. The number of aromatic nitrogens is 1.